The van der Waals surface area contributed by atoms with Crippen molar-refractivity contribution in [3.8, 4) is 11.5 Å². The van der Waals surface area contributed by atoms with Gasteiger partial charge in [-0.2, -0.15) is 0 Å². The van der Waals surface area contributed by atoms with Gasteiger partial charge in [0.05, 0.1) is 0 Å². The Balaban J connectivity index is 1.52. The summed E-state index contributed by atoms with van der Waals surface area (Å²) in [6.45, 7) is 4.18. The minimum atomic E-state index is -0.785. The molecular weight excluding hydrogens is 368 g/mol. The van der Waals surface area contributed by atoms with E-state index in [4.69, 9.17) is 9.47 Å². The summed E-state index contributed by atoms with van der Waals surface area (Å²) in [6.07, 6.45) is 0.479. The van der Waals surface area contributed by atoms with Gasteiger partial charge in [-0.1, -0.05) is 13.8 Å². The molecule has 0 aromatic heterocycles. The molecule has 1 saturated heterocycles. The van der Waals surface area contributed by atoms with Crippen LogP contribution in [-0.2, 0) is 9.59 Å². The molecule has 1 fully saturated rings. The maximum Gasteiger partial charge on any atom is 0.325 e. The third kappa shape index (κ3) is 4.51. The number of benzene rings is 1. The fourth-order valence-corrected chi connectivity index (χ4v) is 2.95. The van der Waals surface area contributed by atoms with Crippen LogP contribution in [0.5, 0.6) is 11.5 Å². The topological polar surface area (TPSA) is 126 Å². The van der Waals surface area contributed by atoms with Crippen molar-refractivity contribution >= 4 is 29.6 Å². The van der Waals surface area contributed by atoms with Crippen LogP contribution in [0.4, 0.5) is 15.3 Å². The third-order valence-electron chi connectivity index (χ3n) is 4.17. The standard InChI is InChI=1S/C18H22N4O6/c1-10(2)7-12-16(24)22(18(26)20-12)9-15(23)21-17(25)19-11-3-4-13-14(8-11)28-6-5-27-13/h3-4,8,10,12H,5-7,9H2,1-2H3,(H,20,26)(H2,19,21,23,25). The van der Waals surface area contributed by atoms with Crippen molar-refractivity contribution in [3.05, 3.63) is 18.2 Å². The van der Waals surface area contributed by atoms with Crippen molar-refractivity contribution in [2.45, 2.75) is 26.3 Å². The van der Waals surface area contributed by atoms with Crippen LogP contribution in [0.3, 0.4) is 0 Å². The van der Waals surface area contributed by atoms with E-state index in [2.05, 4.69) is 16.0 Å². The molecule has 28 heavy (non-hydrogen) atoms. The van der Waals surface area contributed by atoms with Gasteiger partial charge in [0.15, 0.2) is 11.5 Å². The average Bonchev–Trinajstić information content (AvgIpc) is 2.88. The van der Waals surface area contributed by atoms with E-state index in [9.17, 15) is 19.2 Å². The molecule has 2 aliphatic heterocycles. The Bertz CT molecular complexity index is 809. The highest BCUT2D eigenvalue weighted by molar-refractivity contribution is 6.08. The number of fused-ring (bicyclic) bond motifs is 1. The molecule has 1 aromatic carbocycles. The highest BCUT2D eigenvalue weighted by atomic mass is 16.6. The number of urea groups is 2. The number of rotatable bonds is 5. The first kappa shape index (κ1) is 19.5. The molecule has 10 heteroatoms. The third-order valence-corrected chi connectivity index (χ3v) is 4.17. The maximum atomic E-state index is 12.2. The Morgan fingerprint density at radius 3 is 2.64 bits per heavy atom. The van der Waals surface area contributed by atoms with E-state index < -0.39 is 36.5 Å². The molecule has 150 valence electrons. The molecule has 0 saturated carbocycles. The molecule has 3 rings (SSSR count). The zero-order chi connectivity index (χ0) is 20.3. The first-order valence-corrected chi connectivity index (χ1v) is 8.96. The molecule has 1 aromatic rings. The largest absolute Gasteiger partial charge is 0.486 e. The van der Waals surface area contributed by atoms with Gasteiger partial charge >= 0.3 is 12.1 Å². The Labute approximate surface area is 161 Å². The Morgan fingerprint density at radius 1 is 1.21 bits per heavy atom. The van der Waals surface area contributed by atoms with Gasteiger partial charge in [0.1, 0.15) is 25.8 Å². The van der Waals surface area contributed by atoms with Gasteiger partial charge < -0.3 is 20.1 Å². The lowest BCUT2D eigenvalue weighted by molar-refractivity contribution is -0.132. The molecule has 10 nitrogen and oxygen atoms in total. The predicted molar refractivity (Wildman–Crippen MR) is 98.1 cm³/mol. The first-order valence-electron chi connectivity index (χ1n) is 8.96. The number of ether oxygens (including phenoxy) is 2. The van der Waals surface area contributed by atoms with Gasteiger partial charge in [-0.05, 0) is 24.5 Å². The highest BCUT2D eigenvalue weighted by Crippen LogP contribution is 2.32. The van der Waals surface area contributed by atoms with Gasteiger partial charge in [-0.15, -0.1) is 0 Å². The van der Waals surface area contributed by atoms with Gasteiger partial charge in [-0.3, -0.25) is 19.8 Å². The molecule has 6 amide bonds. The summed E-state index contributed by atoms with van der Waals surface area (Å²) in [5.41, 5.74) is 0.404. The lowest BCUT2D eigenvalue weighted by atomic mass is 10.0. The van der Waals surface area contributed by atoms with E-state index in [1.807, 2.05) is 13.8 Å². The molecule has 0 bridgehead atoms. The van der Waals surface area contributed by atoms with Crippen molar-refractivity contribution in [3.63, 3.8) is 0 Å². The number of nitrogens with one attached hydrogen (secondary N) is 3. The van der Waals surface area contributed by atoms with Crippen molar-refractivity contribution in [2.75, 3.05) is 25.1 Å². The second-order valence-electron chi connectivity index (χ2n) is 6.92. The second kappa shape index (κ2) is 8.15. The average molecular weight is 390 g/mol. The summed E-state index contributed by atoms with van der Waals surface area (Å²) < 4.78 is 10.8. The number of amides is 6. The SMILES string of the molecule is CC(C)CC1NC(=O)N(CC(=O)NC(=O)Nc2ccc3c(c2)OCCO3)C1=O. The molecule has 1 atom stereocenters. The number of imide groups is 2. The fourth-order valence-electron chi connectivity index (χ4n) is 2.95. The maximum absolute atomic E-state index is 12.2. The molecule has 0 aliphatic carbocycles. The van der Waals surface area contributed by atoms with Crippen LogP contribution in [0.25, 0.3) is 0 Å². The zero-order valence-corrected chi connectivity index (χ0v) is 15.6. The summed E-state index contributed by atoms with van der Waals surface area (Å²) in [6, 6.07) is 2.75. The molecule has 3 N–H and O–H groups in total. The summed E-state index contributed by atoms with van der Waals surface area (Å²) in [5.74, 6) is 0.0262. The normalized spacial score (nSPS) is 18.1. The molecule has 0 spiro atoms. The molecule has 1 unspecified atom stereocenters. The van der Waals surface area contributed by atoms with Crippen LogP contribution in [-0.4, -0.2) is 54.6 Å². The number of carbonyl (C=O) groups excluding carboxylic acids is 4. The Kier molecular flexibility index (Phi) is 5.67. The summed E-state index contributed by atoms with van der Waals surface area (Å²) in [5, 5.41) is 7.14. The minimum Gasteiger partial charge on any atom is -0.486 e. The van der Waals surface area contributed by atoms with E-state index in [0.717, 1.165) is 4.90 Å². The minimum absolute atomic E-state index is 0.208. The number of hydrogen-bond acceptors (Lipinski definition) is 6. The summed E-state index contributed by atoms with van der Waals surface area (Å²) in [4.78, 5) is 49.0. The highest BCUT2D eigenvalue weighted by Gasteiger charge is 2.39. The van der Waals surface area contributed by atoms with Crippen LogP contribution in [0.1, 0.15) is 20.3 Å². The number of anilines is 1. The monoisotopic (exact) mass is 390 g/mol. The van der Waals surface area contributed by atoms with Crippen LogP contribution >= 0.6 is 0 Å². The summed E-state index contributed by atoms with van der Waals surface area (Å²) in [7, 11) is 0. The first-order chi connectivity index (χ1) is 13.3. The van der Waals surface area contributed by atoms with Crippen LogP contribution in [0.15, 0.2) is 18.2 Å². The van der Waals surface area contributed by atoms with Crippen molar-refractivity contribution < 1.29 is 28.7 Å². The smallest absolute Gasteiger partial charge is 0.325 e. The molecule has 2 heterocycles. The lowest BCUT2D eigenvalue weighted by Crippen LogP contribution is -2.44. The van der Waals surface area contributed by atoms with Crippen LogP contribution < -0.4 is 25.4 Å². The van der Waals surface area contributed by atoms with E-state index in [-0.39, 0.29) is 5.92 Å². The Hall–Kier alpha value is -3.30. The van der Waals surface area contributed by atoms with Crippen molar-refractivity contribution in [1.82, 2.24) is 15.5 Å². The van der Waals surface area contributed by atoms with Crippen LogP contribution in [0, 0.1) is 5.92 Å². The second-order valence-corrected chi connectivity index (χ2v) is 6.92. The Morgan fingerprint density at radius 2 is 1.93 bits per heavy atom. The predicted octanol–water partition coefficient (Wildman–Crippen LogP) is 1.07. The van der Waals surface area contributed by atoms with E-state index >= 15 is 0 Å². The fraction of sp³-hybridized carbons (Fsp3) is 0.444. The summed E-state index contributed by atoms with van der Waals surface area (Å²) >= 11 is 0. The van der Waals surface area contributed by atoms with Gasteiger partial charge in [0.25, 0.3) is 5.91 Å². The van der Waals surface area contributed by atoms with E-state index in [1.54, 1.807) is 18.2 Å². The number of hydrogen-bond donors (Lipinski definition) is 3. The van der Waals surface area contributed by atoms with E-state index in [1.165, 1.54) is 0 Å². The number of carbonyl (C=O) groups is 4. The molecule has 0 radical (unpaired) electrons. The van der Waals surface area contributed by atoms with Gasteiger partial charge in [0, 0.05) is 11.8 Å². The molecular formula is C18H22N4O6. The number of nitrogens with zero attached hydrogens (tertiary/aromatic N) is 1. The van der Waals surface area contributed by atoms with Gasteiger partial charge in [-0.25, -0.2) is 9.59 Å². The van der Waals surface area contributed by atoms with Gasteiger partial charge in [0.2, 0.25) is 5.91 Å². The van der Waals surface area contributed by atoms with Crippen LogP contribution in [0.2, 0.25) is 0 Å². The van der Waals surface area contributed by atoms with Crippen molar-refractivity contribution in [1.29, 1.82) is 0 Å². The van der Waals surface area contributed by atoms with Crippen molar-refractivity contribution in [2.24, 2.45) is 5.92 Å². The zero-order valence-electron chi connectivity index (χ0n) is 15.6. The molecule has 2 aliphatic rings. The lowest BCUT2D eigenvalue weighted by Gasteiger charge is -2.19. The quantitative estimate of drug-likeness (QED) is 0.646. The van der Waals surface area contributed by atoms with E-state index in [0.29, 0.717) is 36.8 Å².